The molecule has 0 radical (unpaired) electrons. The molecule has 1 aliphatic heterocycles. The number of nitrogens with zero attached hydrogens (tertiary/aromatic N) is 5. The number of imidazole rings is 1. The highest BCUT2D eigenvalue weighted by molar-refractivity contribution is 6.28. The van der Waals surface area contributed by atoms with Gasteiger partial charge in [-0.15, -0.1) is 5.92 Å². The van der Waals surface area contributed by atoms with Crippen molar-refractivity contribution in [3.63, 3.8) is 0 Å². The Morgan fingerprint density at radius 1 is 1.37 bits per heavy atom. The summed E-state index contributed by atoms with van der Waals surface area (Å²) in [5.41, 5.74) is -0.182. The molecular formula is C20H27ClN6O3. The van der Waals surface area contributed by atoms with E-state index in [-0.39, 0.29) is 16.9 Å². The zero-order valence-electron chi connectivity index (χ0n) is 18.0. The first-order valence-electron chi connectivity index (χ1n) is 9.87. The maximum absolute atomic E-state index is 12.8. The van der Waals surface area contributed by atoms with E-state index in [4.69, 9.17) is 16.3 Å². The van der Waals surface area contributed by atoms with Gasteiger partial charge in [-0.25, -0.2) is 4.79 Å². The van der Waals surface area contributed by atoms with Crippen LogP contribution >= 0.6 is 11.6 Å². The van der Waals surface area contributed by atoms with Crippen molar-refractivity contribution in [2.45, 2.75) is 58.7 Å². The molecule has 0 aliphatic carbocycles. The molecule has 1 atom stereocenters. The minimum absolute atomic E-state index is 0.0772. The quantitative estimate of drug-likeness (QED) is 0.588. The lowest BCUT2D eigenvalue weighted by atomic mass is 10.1. The average molecular weight is 435 g/mol. The Kier molecular flexibility index (Phi) is 6.27. The van der Waals surface area contributed by atoms with Gasteiger partial charge in [0.25, 0.3) is 5.56 Å². The summed E-state index contributed by atoms with van der Waals surface area (Å²) in [5, 5.41) is 3.01. The Labute approximate surface area is 180 Å². The van der Waals surface area contributed by atoms with Gasteiger partial charge in [-0.05, 0) is 52.1 Å². The SMILES string of the molecule is CC#CCn1c(N2CCCC(NC(=O)OC(C)(C)C)C2)nc2nc(Cl)n(C)c(=O)c21. The summed E-state index contributed by atoms with van der Waals surface area (Å²) < 4.78 is 8.43. The zero-order chi connectivity index (χ0) is 22.1. The number of carbonyl (C=O) groups is 1. The van der Waals surface area contributed by atoms with Crippen molar-refractivity contribution in [1.29, 1.82) is 0 Å². The number of ether oxygens (including phenoxy) is 1. The number of fused-ring (bicyclic) bond motifs is 1. The summed E-state index contributed by atoms with van der Waals surface area (Å²) in [6.45, 7) is 8.81. The van der Waals surface area contributed by atoms with Crippen molar-refractivity contribution >= 4 is 34.8 Å². The number of amides is 1. The topological polar surface area (TPSA) is 94.3 Å². The summed E-state index contributed by atoms with van der Waals surface area (Å²) >= 11 is 6.08. The molecule has 3 heterocycles. The molecule has 1 aliphatic rings. The third-order valence-corrected chi connectivity index (χ3v) is 5.09. The molecule has 10 heteroatoms. The van der Waals surface area contributed by atoms with E-state index >= 15 is 0 Å². The van der Waals surface area contributed by atoms with Gasteiger partial charge in [0, 0.05) is 26.2 Å². The van der Waals surface area contributed by atoms with Gasteiger partial charge in [0.15, 0.2) is 11.2 Å². The number of hydrogen-bond donors (Lipinski definition) is 1. The van der Waals surface area contributed by atoms with Crippen molar-refractivity contribution in [2.24, 2.45) is 7.05 Å². The summed E-state index contributed by atoms with van der Waals surface area (Å²) in [7, 11) is 1.57. The normalized spacial score (nSPS) is 16.9. The maximum atomic E-state index is 12.8. The summed E-state index contributed by atoms with van der Waals surface area (Å²) in [5.74, 6) is 6.45. The number of piperidine rings is 1. The van der Waals surface area contributed by atoms with Crippen LogP contribution in [0.4, 0.5) is 10.7 Å². The molecule has 3 rings (SSSR count). The Morgan fingerprint density at radius 2 is 2.10 bits per heavy atom. The van der Waals surface area contributed by atoms with Crippen molar-refractivity contribution < 1.29 is 9.53 Å². The van der Waals surface area contributed by atoms with Gasteiger partial charge in [0.05, 0.1) is 6.54 Å². The first kappa shape index (κ1) is 22.0. The van der Waals surface area contributed by atoms with Gasteiger partial charge in [-0.1, -0.05) is 5.92 Å². The Morgan fingerprint density at radius 3 is 2.77 bits per heavy atom. The number of hydrogen-bond acceptors (Lipinski definition) is 6. The highest BCUT2D eigenvalue weighted by atomic mass is 35.5. The number of alkyl carbamates (subject to hydrolysis) is 1. The largest absolute Gasteiger partial charge is 0.444 e. The smallest absolute Gasteiger partial charge is 0.407 e. The Hall–Kier alpha value is -2.73. The number of halogens is 1. The van der Waals surface area contributed by atoms with Crippen LogP contribution in [-0.2, 0) is 18.3 Å². The van der Waals surface area contributed by atoms with E-state index in [2.05, 4.69) is 27.1 Å². The lowest BCUT2D eigenvalue weighted by Gasteiger charge is -2.34. The van der Waals surface area contributed by atoms with Gasteiger partial charge < -0.3 is 15.0 Å². The van der Waals surface area contributed by atoms with E-state index in [0.29, 0.717) is 30.2 Å². The van der Waals surface area contributed by atoms with Crippen LogP contribution in [0.15, 0.2) is 4.79 Å². The van der Waals surface area contributed by atoms with Crippen LogP contribution in [-0.4, -0.2) is 49.9 Å². The number of anilines is 1. The first-order chi connectivity index (χ1) is 14.1. The lowest BCUT2D eigenvalue weighted by Crippen LogP contribution is -2.49. The molecule has 1 N–H and O–H groups in total. The zero-order valence-corrected chi connectivity index (χ0v) is 18.7. The maximum Gasteiger partial charge on any atom is 0.407 e. The number of aromatic nitrogens is 4. The van der Waals surface area contributed by atoms with Gasteiger partial charge in [0.1, 0.15) is 5.60 Å². The molecule has 1 amide bonds. The van der Waals surface area contributed by atoms with Crippen molar-refractivity contribution in [3.8, 4) is 11.8 Å². The van der Waals surface area contributed by atoms with Gasteiger partial charge in [-0.2, -0.15) is 9.97 Å². The van der Waals surface area contributed by atoms with Crippen LogP contribution in [0.5, 0.6) is 0 Å². The highest BCUT2D eigenvalue weighted by Gasteiger charge is 2.28. The summed E-state index contributed by atoms with van der Waals surface area (Å²) in [4.78, 5) is 35.9. The van der Waals surface area contributed by atoms with Crippen LogP contribution < -0.4 is 15.8 Å². The van der Waals surface area contributed by atoms with E-state index in [0.717, 1.165) is 19.4 Å². The van der Waals surface area contributed by atoms with Crippen LogP contribution in [0, 0.1) is 11.8 Å². The predicted octanol–water partition coefficient (Wildman–Crippen LogP) is 2.30. The molecule has 9 nitrogen and oxygen atoms in total. The Balaban J connectivity index is 1.93. The molecule has 2 aromatic rings. The van der Waals surface area contributed by atoms with E-state index in [1.165, 1.54) is 4.57 Å². The molecule has 162 valence electrons. The van der Waals surface area contributed by atoms with Crippen molar-refractivity contribution in [1.82, 2.24) is 24.4 Å². The predicted molar refractivity (Wildman–Crippen MR) is 116 cm³/mol. The fourth-order valence-electron chi connectivity index (χ4n) is 3.42. The minimum atomic E-state index is -0.559. The molecule has 1 fully saturated rings. The lowest BCUT2D eigenvalue weighted by molar-refractivity contribution is 0.0500. The second-order valence-electron chi connectivity index (χ2n) is 8.27. The van der Waals surface area contributed by atoms with Gasteiger partial charge in [0.2, 0.25) is 11.2 Å². The molecule has 1 unspecified atom stereocenters. The second kappa shape index (κ2) is 8.56. The minimum Gasteiger partial charge on any atom is -0.444 e. The van der Waals surface area contributed by atoms with Crippen LogP contribution in [0.1, 0.15) is 40.5 Å². The second-order valence-corrected chi connectivity index (χ2v) is 8.61. The van der Waals surface area contributed by atoms with Gasteiger partial charge in [-0.3, -0.25) is 13.9 Å². The molecule has 30 heavy (non-hydrogen) atoms. The van der Waals surface area contributed by atoms with E-state index in [1.807, 2.05) is 25.7 Å². The summed E-state index contributed by atoms with van der Waals surface area (Å²) in [6, 6.07) is -0.0986. The average Bonchev–Trinajstić information content (AvgIpc) is 3.01. The molecule has 2 aromatic heterocycles. The molecule has 0 spiro atoms. The molecule has 0 aromatic carbocycles. The van der Waals surface area contributed by atoms with Crippen LogP contribution in [0.2, 0.25) is 5.28 Å². The van der Waals surface area contributed by atoms with Crippen LogP contribution in [0.25, 0.3) is 11.2 Å². The molecular weight excluding hydrogens is 408 g/mol. The molecule has 1 saturated heterocycles. The third kappa shape index (κ3) is 4.70. The number of nitrogens with one attached hydrogen (secondary N) is 1. The fourth-order valence-corrected chi connectivity index (χ4v) is 3.58. The van der Waals surface area contributed by atoms with Crippen molar-refractivity contribution in [3.05, 3.63) is 15.6 Å². The van der Waals surface area contributed by atoms with E-state index < -0.39 is 11.7 Å². The third-order valence-electron chi connectivity index (χ3n) is 4.75. The van der Waals surface area contributed by atoms with E-state index in [1.54, 1.807) is 18.5 Å². The molecule has 0 bridgehead atoms. The van der Waals surface area contributed by atoms with Gasteiger partial charge >= 0.3 is 6.09 Å². The number of rotatable bonds is 3. The van der Waals surface area contributed by atoms with Crippen LogP contribution in [0.3, 0.4) is 0 Å². The molecule has 0 saturated carbocycles. The Bertz CT molecular complexity index is 1070. The standard InChI is InChI=1S/C20H27ClN6O3/c1-6-7-11-27-14-15(23-17(21)25(5)16(14)28)24-18(27)26-10-8-9-13(12-26)22-19(29)30-20(2,3)4/h13H,8-12H2,1-5H3,(H,22,29). The first-order valence-corrected chi connectivity index (χ1v) is 10.3. The monoisotopic (exact) mass is 434 g/mol. The van der Waals surface area contributed by atoms with E-state index in [9.17, 15) is 9.59 Å². The summed E-state index contributed by atoms with van der Waals surface area (Å²) in [6.07, 6.45) is 1.24. The highest BCUT2D eigenvalue weighted by Crippen LogP contribution is 2.24. The number of carbonyl (C=O) groups excluding carboxylic acids is 1. The fraction of sp³-hybridized carbons (Fsp3) is 0.600. The van der Waals surface area contributed by atoms with Crippen molar-refractivity contribution in [2.75, 3.05) is 18.0 Å².